The van der Waals surface area contributed by atoms with Gasteiger partial charge in [0.25, 0.3) is 35.4 Å². The summed E-state index contributed by atoms with van der Waals surface area (Å²) in [5, 5.41) is 40.2. The number of hydrogen-bond acceptors (Lipinski definition) is 21. The zero-order valence-electron chi connectivity index (χ0n) is 72.0. The SMILES string of the molecule is CC1(C)OB(c2cccc(CN3C(=O)c4ccccc4C3=O)c2)OC1(C)C.CC1(C)OB(c2ccccc2CN2C(=O)c3ccccc3C2=O)OC1(C)C.CC1(C)OB(c2ccccc2CN2C(=O)c3ccccc3C2=O)OC1(C)C.CCNC(=O)Nc1ccccc1B1OC(C)(C)C(C)(C)O1.Nc1cccc(B(O)O)c1.Nc1ccccc1B(O)O. The minimum atomic E-state index is -1.47. The molecule has 9 aromatic carbocycles. The van der Waals surface area contributed by atoms with Crippen molar-refractivity contribution in [1.29, 1.82) is 0 Å². The fourth-order valence-corrected chi connectivity index (χ4v) is 13.8. The van der Waals surface area contributed by atoms with E-state index < -0.39 is 87.5 Å². The highest BCUT2D eigenvalue weighted by Crippen LogP contribution is 2.41. The predicted molar refractivity (Wildman–Crippen MR) is 475 cm³/mol. The number of nitrogens with one attached hydrogen (secondary N) is 2. The van der Waals surface area contributed by atoms with Gasteiger partial charge in [0.2, 0.25) is 0 Å². The van der Waals surface area contributed by atoms with Crippen molar-refractivity contribution in [2.45, 2.75) is 182 Å². The lowest BCUT2D eigenvalue weighted by Gasteiger charge is -2.32. The highest BCUT2D eigenvalue weighted by atomic mass is 16.7. The van der Waals surface area contributed by atoms with Gasteiger partial charge in [-0.3, -0.25) is 43.5 Å². The molecule has 9 aromatic rings. The van der Waals surface area contributed by atoms with Crippen LogP contribution in [0.5, 0.6) is 0 Å². The molecule has 0 radical (unpaired) electrons. The highest BCUT2D eigenvalue weighted by molar-refractivity contribution is 6.65. The van der Waals surface area contributed by atoms with Crippen LogP contribution in [0.25, 0.3) is 0 Å². The zero-order chi connectivity index (χ0) is 89.0. The maximum Gasteiger partial charge on any atom is 0.496 e. The van der Waals surface area contributed by atoms with Gasteiger partial charge in [0.15, 0.2) is 0 Å². The second-order valence-corrected chi connectivity index (χ2v) is 34.3. The Bertz CT molecular complexity index is 5070. The van der Waals surface area contributed by atoms with Crippen LogP contribution < -0.4 is 54.9 Å². The summed E-state index contributed by atoms with van der Waals surface area (Å²) in [5.41, 5.74) is 18.3. The molecule has 26 nitrogen and oxygen atoms in total. The van der Waals surface area contributed by atoms with E-state index in [1.807, 2.05) is 215 Å². The summed E-state index contributed by atoms with van der Waals surface area (Å²) in [7, 11) is -4.95. The molecular weight excluding hydrogens is 1550 g/mol. The monoisotopic (exact) mass is 1650 g/mol. The zero-order valence-corrected chi connectivity index (χ0v) is 72.0. The van der Waals surface area contributed by atoms with E-state index in [-0.39, 0.29) is 61.1 Å². The fourth-order valence-electron chi connectivity index (χ4n) is 13.8. The molecule has 32 heteroatoms. The van der Waals surface area contributed by atoms with Gasteiger partial charge in [-0.15, -0.1) is 0 Å². The second-order valence-electron chi connectivity index (χ2n) is 34.3. The standard InChI is InChI=1S/3C21H22BNO4.C15H23BN2O3.2C6H8BNO2/c2*1-20(2)21(3,4)27-22(26-20)17-12-8-5-9-14(17)13-23-18(24)15-10-6-7-11-16(15)19(23)25;1-20(2)21(3,4)27-22(26-20)15-9-7-8-14(12-15)13-23-18(24)16-10-5-6-11-17(16)19(23)25;1-6-17-13(19)18-12-10-8-7-9-11(12)16-20-14(2,3)15(4,5)21-16;8-6-3-1-2-5(4-6)7(9)10;8-6-4-2-1-3-5(6)7(9)10/h3*5-12H,13H2,1-4H3;7-10H,6H2,1-5H3,(H2,17,18,19);2*1-4,9-10H,8H2. The predicted octanol–water partition coefficient (Wildman–Crippen LogP) is 8.37. The van der Waals surface area contributed by atoms with Crippen LogP contribution in [0.3, 0.4) is 0 Å². The molecule has 8 amide bonds. The minimum Gasteiger partial charge on any atom is -0.423 e. The van der Waals surface area contributed by atoms with Gasteiger partial charge in [-0.25, -0.2) is 4.79 Å². The van der Waals surface area contributed by atoms with E-state index in [1.165, 1.54) is 20.8 Å². The number of fused-ring (bicyclic) bond motifs is 3. The highest BCUT2D eigenvalue weighted by Gasteiger charge is 2.56. The molecule has 0 spiro atoms. The lowest BCUT2D eigenvalue weighted by molar-refractivity contribution is 0.00578. The average molecular weight is 1650 g/mol. The van der Waals surface area contributed by atoms with Crippen molar-refractivity contribution >= 4 is 134 Å². The Morgan fingerprint density at radius 1 is 0.361 bits per heavy atom. The largest absolute Gasteiger partial charge is 0.496 e. The summed E-state index contributed by atoms with van der Waals surface area (Å²) < 4.78 is 48.9. The third-order valence-corrected chi connectivity index (χ3v) is 23.8. The van der Waals surface area contributed by atoms with Crippen LogP contribution in [0, 0.1) is 0 Å². The number of hydrogen-bond donors (Lipinski definition) is 8. The van der Waals surface area contributed by atoms with Gasteiger partial charge in [0.05, 0.1) is 97.8 Å². The number of imide groups is 3. The number of urea groups is 1. The smallest absolute Gasteiger partial charge is 0.423 e. The van der Waals surface area contributed by atoms with E-state index in [0.29, 0.717) is 67.9 Å². The Balaban J connectivity index is 0.000000148. The Morgan fingerprint density at radius 2 is 0.680 bits per heavy atom. The number of rotatable bonds is 14. The molecule has 7 aliphatic rings. The second kappa shape index (κ2) is 36.7. The molecular formula is C90H105B6N7O19. The molecule has 0 atom stereocenters. The molecule has 0 bridgehead atoms. The van der Waals surface area contributed by atoms with Gasteiger partial charge < -0.3 is 79.4 Å². The third-order valence-electron chi connectivity index (χ3n) is 23.8. The van der Waals surface area contributed by atoms with Gasteiger partial charge in [-0.2, -0.15) is 0 Å². The molecule has 0 aromatic heterocycles. The third kappa shape index (κ3) is 19.9. The molecule has 4 saturated heterocycles. The summed E-state index contributed by atoms with van der Waals surface area (Å²) in [4.78, 5) is 91.5. The molecule has 0 aliphatic carbocycles. The van der Waals surface area contributed by atoms with Crippen molar-refractivity contribution in [3.8, 4) is 0 Å². The summed E-state index contributed by atoms with van der Waals surface area (Å²) >= 11 is 0. The van der Waals surface area contributed by atoms with Crippen molar-refractivity contribution in [1.82, 2.24) is 20.0 Å². The number of carbonyl (C=O) groups is 7. The van der Waals surface area contributed by atoms with Crippen LogP contribution in [-0.4, -0.2) is 170 Å². The first kappa shape index (κ1) is 91.9. The first-order valence-corrected chi connectivity index (χ1v) is 40.4. The number of carbonyl (C=O) groups excluding carboxylic acids is 7. The van der Waals surface area contributed by atoms with Crippen molar-refractivity contribution in [3.63, 3.8) is 0 Å². The van der Waals surface area contributed by atoms with Crippen molar-refractivity contribution in [2.24, 2.45) is 0 Å². The number of nitrogens with zero attached hydrogens (tertiary/aromatic N) is 3. The number of nitrogen functional groups attached to an aromatic ring is 2. The molecule has 16 rings (SSSR count). The Labute approximate surface area is 715 Å². The summed E-state index contributed by atoms with van der Waals surface area (Å²) in [6.45, 7) is 35.1. The number of anilines is 3. The maximum atomic E-state index is 12.7. The van der Waals surface area contributed by atoms with Crippen molar-refractivity contribution < 1.29 is 90.9 Å². The van der Waals surface area contributed by atoms with Crippen LogP contribution in [0.15, 0.2) is 218 Å². The Hall–Kier alpha value is -10.8. The van der Waals surface area contributed by atoms with Gasteiger partial charge in [-0.05, 0) is 217 Å². The van der Waals surface area contributed by atoms with E-state index in [4.69, 9.17) is 68.8 Å². The molecule has 0 unspecified atom stereocenters. The molecule has 122 heavy (non-hydrogen) atoms. The molecule has 7 aliphatic heterocycles. The fraction of sp³-hybridized carbons (Fsp3) is 0.322. The van der Waals surface area contributed by atoms with E-state index in [0.717, 1.165) is 38.5 Å². The van der Waals surface area contributed by atoms with Gasteiger partial charge in [0.1, 0.15) is 0 Å². The number of benzene rings is 9. The van der Waals surface area contributed by atoms with Crippen LogP contribution in [0.2, 0.25) is 0 Å². The van der Waals surface area contributed by atoms with Gasteiger partial charge >= 0.3 is 48.7 Å². The van der Waals surface area contributed by atoms with Crippen molar-refractivity contribution in [2.75, 3.05) is 23.3 Å². The number of amides is 8. The molecule has 7 heterocycles. The first-order chi connectivity index (χ1) is 57.3. The average Bonchev–Trinajstić information content (AvgIpc) is 1.62. The topological polar surface area (TPSA) is 360 Å². The Morgan fingerprint density at radius 3 is 1.02 bits per heavy atom. The maximum absolute atomic E-state index is 12.7. The van der Waals surface area contributed by atoms with Gasteiger partial charge in [-0.1, -0.05) is 158 Å². The van der Waals surface area contributed by atoms with Crippen LogP contribution >= 0.6 is 0 Å². The normalized spacial score (nSPS) is 18.4. The van der Waals surface area contributed by atoms with Crippen molar-refractivity contribution in [3.05, 3.63) is 268 Å². The summed E-state index contributed by atoms with van der Waals surface area (Å²) in [5.74, 6) is -1.56. The van der Waals surface area contributed by atoms with E-state index in [1.54, 1.807) is 115 Å². The van der Waals surface area contributed by atoms with E-state index >= 15 is 0 Å². The van der Waals surface area contributed by atoms with Crippen LogP contribution in [-0.2, 0) is 56.9 Å². The van der Waals surface area contributed by atoms with E-state index in [9.17, 15) is 33.6 Å². The van der Waals surface area contributed by atoms with Crippen LogP contribution in [0.1, 0.15) is 197 Å². The lowest BCUT2D eigenvalue weighted by atomic mass is 9.76. The number of nitrogens with two attached hydrogens (primary N) is 2. The summed E-state index contributed by atoms with van der Waals surface area (Å²) in [6.07, 6.45) is 0. The molecule has 10 N–H and O–H groups in total. The van der Waals surface area contributed by atoms with Gasteiger partial charge in [0, 0.05) is 34.5 Å². The lowest BCUT2D eigenvalue weighted by Crippen LogP contribution is -2.41. The van der Waals surface area contributed by atoms with Crippen LogP contribution in [0.4, 0.5) is 21.9 Å². The Kier molecular flexibility index (Phi) is 27.6. The minimum absolute atomic E-state index is 0.187. The summed E-state index contributed by atoms with van der Waals surface area (Å²) in [6, 6.07) is 64.1. The van der Waals surface area contributed by atoms with E-state index in [2.05, 4.69) is 10.6 Å². The number of para-hydroxylation sites is 2. The molecule has 0 saturated carbocycles. The molecule has 4 fully saturated rings. The first-order valence-electron chi connectivity index (χ1n) is 40.4. The quantitative estimate of drug-likeness (QED) is 0.0288. The molecule has 632 valence electrons.